The van der Waals surface area contributed by atoms with E-state index < -0.39 is 17.7 Å². The molecule has 0 radical (unpaired) electrons. The van der Waals surface area contributed by atoms with E-state index in [0.717, 1.165) is 5.56 Å². The van der Waals surface area contributed by atoms with Gasteiger partial charge in [0.05, 0.1) is 25.3 Å². The van der Waals surface area contributed by atoms with Crippen molar-refractivity contribution in [2.75, 3.05) is 27.4 Å². The predicted molar refractivity (Wildman–Crippen MR) is 137 cm³/mol. The van der Waals surface area contributed by atoms with Crippen molar-refractivity contribution in [1.82, 2.24) is 4.90 Å². The number of likely N-dealkylation sites (tertiary alicyclic amines) is 1. The Morgan fingerprint density at radius 2 is 1.76 bits per heavy atom. The Labute approximate surface area is 215 Å². The van der Waals surface area contributed by atoms with Crippen LogP contribution >= 0.6 is 0 Å². The number of aliphatic hydroxyl groups excluding tert-OH is 1. The zero-order valence-electron chi connectivity index (χ0n) is 20.9. The van der Waals surface area contributed by atoms with Crippen LogP contribution in [-0.4, -0.2) is 54.2 Å². The van der Waals surface area contributed by atoms with E-state index in [1.54, 1.807) is 37.3 Å². The second-order valence-corrected chi connectivity index (χ2v) is 8.67. The fraction of sp³-hybridized carbons (Fsp3) is 0.241. The molecule has 3 aromatic carbocycles. The number of phenols is 1. The van der Waals surface area contributed by atoms with Crippen molar-refractivity contribution in [3.05, 3.63) is 94.6 Å². The van der Waals surface area contributed by atoms with Gasteiger partial charge < -0.3 is 29.3 Å². The molecule has 1 atom stereocenters. The Morgan fingerprint density at radius 3 is 2.43 bits per heavy atom. The maximum absolute atomic E-state index is 13.2. The molecule has 0 aliphatic carbocycles. The third-order valence-electron chi connectivity index (χ3n) is 6.30. The zero-order valence-corrected chi connectivity index (χ0v) is 20.9. The lowest BCUT2D eigenvalue weighted by Crippen LogP contribution is -2.32. The van der Waals surface area contributed by atoms with E-state index in [2.05, 4.69) is 0 Å². The summed E-state index contributed by atoms with van der Waals surface area (Å²) in [5.41, 5.74) is 2.56. The first kappa shape index (κ1) is 25.8. The summed E-state index contributed by atoms with van der Waals surface area (Å²) in [6.45, 7) is 2.52. The number of amides is 1. The van der Waals surface area contributed by atoms with Gasteiger partial charge in [-0.25, -0.2) is 0 Å². The lowest BCUT2D eigenvalue weighted by Gasteiger charge is -2.25. The number of carbonyl (C=O) groups is 2. The van der Waals surface area contributed by atoms with Crippen LogP contribution in [0.25, 0.3) is 5.76 Å². The van der Waals surface area contributed by atoms with Gasteiger partial charge >= 0.3 is 0 Å². The summed E-state index contributed by atoms with van der Waals surface area (Å²) in [5, 5.41) is 21.4. The fourth-order valence-corrected chi connectivity index (χ4v) is 4.39. The molecule has 8 nitrogen and oxygen atoms in total. The van der Waals surface area contributed by atoms with Gasteiger partial charge in [0.2, 0.25) is 0 Å². The second-order valence-electron chi connectivity index (χ2n) is 8.67. The number of methoxy groups -OCH3 is 2. The topological polar surface area (TPSA) is 106 Å². The number of ketones is 1. The molecule has 0 aromatic heterocycles. The van der Waals surface area contributed by atoms with Gasteiger partial charge in [0.15, 0.2) is 11.5 Å². The van der Waals surface area contributed by atoms with E-state index in [-0.39, 0.29) is 36.0 Å². The smallest absolute Gasteiger partial charge is 0.295 e. The zero-order chi connectivity index (χ0) is 26.5. The summed E-state index contributed by atoms with van der Waals surface area (Å²) in [5.74, 6) is -1.11. The summed E-state index contributed by atoms with van der Waals surface area (Å²) < 4.78 is 16.2. The molecule has 1 aliphatic heterocycles. The van der Waals surface area contributed by atoms with E-state index in [9.17, 15) is 19.8 Å². The van der Waals surface area contributed by atoms with Crippen LogP contribution in [0.2, 0.25) is 0 Å². The first-order valence-corrected chi connectivity index (χ1v) is 11.8. The number of aliphatic hydroxyl groups is 1. The maximum atomic E-state index is 13.2. The summed E-state index contributed by atoms with van der Waals surface area (Å²) in [6.07, 6.45) is 0. The highest BCUT2D eigenvalue weighted by Crippen LogP contribution is 2.42. The molecular weight excluding hydrogens is 474 g/mol. The molecule has 192 valence electrons. The standard InChI is InChI=1S/C29H29NO7/c1-18-15-21(37-17-19-7-5-4-6-8-19)10-11-22(18)27(32)25-26(20-9-12-23(31)24(16-20)36-3)30(13-14-35-2)29(34)28(25)33/h4-12,15-16,26,31-32H,13-14,17H2,1-3H3/b27-25+/t26-/m0/s1. The summed E-state index contributed by atoms with van der Waals surface area (Å²) in [6, 6.07) is 18.6. The maximum Gasteiger partial charge on any atom is 0.295 e. The summed E-state index contributed by atoms with van der Waals surface area (Å²) in [4.78, 5) is 27.5. The lowest BCUT2D eigenvalue weighted by molar-refractivity contribution is -0.140. The van der Waals surface area contributed by atoms with Gasteiger partial charge in [-0.1, -0.05) is 36.4 Å². The van der Waals surface area contributed by atoms with E-state index in [1.807, 2.05) is 30.3 Å². The number of carbonyl (C=O) groups excluding carboxylic acids is 2. The van der Waals surface area contributed by atoms with Crippen LogP contribution < -0.4 is 9.47 Å². The van der Waals surface area contributed by atoms with E-state index in [1.165, 1.54) is 25.2 Å². The van der Waals surface area contributed by atoms with Gasteiger partial charge in [0, 0.05) is 19.2 Å². The molecule has 2 N–H and O–H groups in total. The van der Waals surface area contributed by atoms with Crippen LogP contribution in [0, 0.1) is 6.92 Å². The number of benzene rings is 3. The van der Waals surface area contributed by atoms with Gasteiger partial charge in [-0.15, -0.1) is 0 Å². The molecule has 1 heterocycles. The fourth-order valence-electron chi connectivity index (χ4n) is 4.39. The van der Waals surface area contributed by atoms with Crippen molar-refractivity contribution in [3.63, 3.8) is 0 Å². The van der Waals surface area contributed by atoms with E-state index in [4.69, 9.17) is 14.2 Å². The molecule has 8 heteroatoms. The van der Waals surface area contributed by atoms with Gasteiger partial charge in [-0.2, -0.15) is 0 Å². The highest BCUT2D eigenvalue weighted by atomic mass is 16.5. The normalized spacial score (nSPS) is 16.7. The minimum Gasteiger partial charge on any atom is -0.507 e. The van der Waals surface area contributed by atoms with Gasteiger partial charge in [0.1, 0.15) is 18.1 Å². The van der Waals surface area contributed by atoms with Crippen LogP contribution in [-0.2, 0) is 20.9 Å². The molecule has 0 bridgehead atoms. The molecule has 0 unspecified atom stereocenters. The molecule has 1 fully saturated rings. The quantitative estimate of drug-likeness (QED) is 0.254. The minimum atomic E-state index is -0.891. The predicted octanol–water partition coefficient (Wildman–Crippen LogP) is 4.36. The van der Waals surface area contributed by atoms with Crippen LogP contribution in [0.5, 0.6) is 17.2 Å². The van der Waals surface area contributed by atoms with Gasteiger partial charge in [0.25, 0.3) is 11.7 Å². The number of aromatic hydroxyl groups is 1. The van der Waals surface area contributed by atoms with Crippen molar-refractivity contribution < 1.29 is 34.0 Å². The number of hydrogen-bond acceptors (Lipinski definition) is 7. The average molecular weight is 504 g/mol. The van der Waals surface area contributed by atoms with Crippen molar-refractivity contribution >= 4 is 17.4 Å². The molecule has 37 heavy (non-hydrogen) atoms. The number of hydrogen-bond donors (Lipinski definition) is 2. The van der Waals surface area contributed by atoms with Crippen LogP contribution in [0.3, 0.4) is 0 Å². The van der Waals surface area contributed by atoms with Gasteiger partial charge in [-0.05, 0) is 53.9 Å². The van der Waals surface area contributed by atoms with Crippen LogP contribution in [0.4, 0.5) is 0 Å². The van der Waals surface area contributed by atoms with E-state index in [0.29, 0.717) is 29.0 Å². The summed E-state index contributed by atoms with van der Waals surface area (Å²) in [7, 11) is 2.91. The van der Waals surface area contributed by atoms with E-state index >= 15 is 0 Å². The molecule has 1 aliphatic rings. The Hall–Kier alpha value is -4.30. The third-order valence-corrected chi connectivity index (χ3v) is 6.30. The second kappa shape index (κ2) is 11.2. The number of phenolic OH excluding ortho intramolecular Hbond substituents is 1. The minimum absolute atomic E-state index is 0.0464. The Balaban J connectivity index is 1.73. The molecular formula is C29H29NO7. The summed E-state index contributed by atoms with van der Waals surface area (Å²) >= 11 is 0. The lowest BCUT2D eigenvalue weighted by atomic mass is 9.93. The number of aryl methyl sites for hydroxylation is 1. The Bertz CT molecular complexity index is 1330. The first-order valence-electron chi connectivity index (χ1n) is 11.8. The van der Waals surface area contributed by atoms with Crippen molar-refractivity contribution in [2.45, 2.75) is 19.6 Å². The number of ether oxygens (including phenoxy) is 3. The Kier molecular flexibility index (Phi) is 7.79. The van der Waals surface area contributed by atoms with Crippen molar-refractivity contribution in [3.8, 4) is 17.2 Å². The number of Topliss-reactive ketones (excluding diaryl/α,β-unsaturated/α-hetero) is 1. The molecule has 1 amide bonds. The Morgan fingerprint density at radius 1 is 1.00 bits per heavy atom. The van der Waals surface area contributed by atoms with Gasteiger partial charge in [-0.3, -0.25) is 9.59 Å². The van der Waals surface area contributed by atoms with Crippen molar-refractivity contribution in [1.29, 1.82) is 0 Å². The van der Waals surface area contributed by atoms with Crippen LogP contribution in [0.15, 0.2) is 72.3 Å². The number of rotatable bonds is 9. The first-order chi connectivity index (χ1) is 17.8. The SMILES string of the molecule is COCCN1C(=O)C(=O)/C(=C(/O)c2ccc(OCc3ccccc3)cc2C)[C@@H]1c1ccc(O)c(OC)c1. The monoisotopic (exact) mass is 503 g/mol. The molecule has 0 spiro atoms. The van der Waals surface area contributed by atoms with Crippen LogP contribution in [0.1, 0.15) is 28.3 Å². The highest BCUT2D eigenvalue weighted by molar-refractivity contribution is 6.46. The third kappa shape index (κ3) is 5.29. The van der Waals surface area contributed by atoms with Crippen molar-refractivity contribution in [2.24, 2.45) is 0 Å². The molecule has 4 rings (SSSR count). The largest absolute Gasteiger partial charge is 0.507 e. The molecule has 3 aromatic rings. The highest BCUT2D eigenvalue weighted by Gasteiger charge is 2.46. The molecule has 0 saturated carbocycles. The molecule has 1 saturated heterocycles. The average Bonchev–Trinajstić information content (AvgIpc) is 3.16. The number of nitrogens with zero attached hydrogens (tertiary/aromatic N) is 1.